The van der Waals surface area contributed by atoms with E-state index in [1.54, 1.807) is 37.5 Å². The van der Waals surface area contributed by atoms with E-state index in [0.717, 1.165) is 12.1 Å². The second kappa shape index (κ2) is 15.2. The predicted molar refractivity (Wildman–Crippen MR) is 129 cm³/mol. The first-order valence-electron chi connectivity index (χ1n) is 10.9. The van der Waals surface area contributed by atoms with Crippen LogP contribution in [0.1, 0.15) is 19.4 Å². The zero-order chi connectivity index (χ0) is 27.3. The van der Waals surface area contributed by atoms with Crippen molar-refractivity contribution >= 4 is 29.8 Å². The van der Waals surface area contributed by atoms with Crippen LogP contribution in [0.3, 0.4) is 0 Å². The minimum absolute atomic E-state index is 0.0625. The van der Waals surface area contributed by atoms with Gasteiger partial charge in [-0.3, -0.25) is 14.5 Å². The Balaban J connectivity index is 0.000000697. The molecule has 12 heteroatoms. The second-order valence-corrected chi connectivity index (χ2v) is 7.32. The van der Waals surface area contributed by atoms with Gasteiger partial charge in [-0.05, 0) is 30.3 Å². The number of benzene rings is 1. The quantitative estimate of drug-likeness (QED) is 0.440. The van der Waals surface area contributed by atoms with E-state index in [1.807, 2.05) is 6.92 Å². The number of piperazine rings is 1. The van der Waals surface area contributed by atoms with E-state index >= 15 is 0 Å². The number of hydroxylamine groups is 2. The van der Waals surface area contributed by atoms with Gasteiger partial charge in [0.25, 0.3) is 0 Å². The van der Waals surface area contributed by atoms with Crippen LogP contribution >= 0.6 is 0 Å². The lowest BCUT2D eigenvalue weighted by Crippen LogP contribution is -2.56. The molecule has 1 heterocycles. The summed E-state index contributed by atoms with van der Waals surface area (Å²) in [6.07, 6.45) is 4.36. The molecule has 2 N–H and O–H groups in total. The van der Waals surface area contributed by atoms with Gasteiger partial charge in [0.05, 0.1) is 33.9 Å². The maximum absolute atomic E-state index is 12.8. The number of aliphatic carboxylic acids is 2. The lowest BCUT2D eigenvalue weighted by molar-refractivity contribution is -0.199. The normalized spacial score (nSPS) is 16.2. The third kappa shape index (κ3) is 9.76. The average Bonchev–Trinajstić information content (AvgIpc) is 2.85. The highest BCUT2D eigenvalue weighted by molar-refractivity contribution is 5.98. The Kier molecular flexibility index (Phi) is 12.7. The van der Waals surface area contributed by atoms with Gasteiger partial charge in [-0.25, -0.2) is 9.59 Å². The van der Waals surface area contributed by atoms with Crippen LogP contribution in [0.2, 0.25) is 0 Å². The molecule has 0 amide bonds. The molecule has 1 aromatic carbocycles. The number of carboxylic acid groups (broad SMARTS) is 2. The van der Waals surface area contributed by atoms with Crippen LogP contribution in [-0.2, 0) is 24.0 Å². The summed E-state index contributed by atoms with van der Waals surface area (Å²) in [7, 11) is 4.62. The van der Waals surface area contributed by atoms with Crippen LogP contribution in [-0.4, -0.2) is 97.4 Å². The van der Waals surface area contributed by atoms with Crippen molar-refractivity contribution in [2.75, 3.05) is 47.5 Å². The molecule has 2 rings (SSSR count). The smallest absolute Gasteiger partial charge is 0.328 e. The number of hydrogen-bond acceptors (Lipinski definition) is 10. The van der Waals surface area contributed by atoms with Gasteiger partial charge in [-0.2, -0.15) is 0 Å². The Labute approximate surface area is 209 Å². The van der Waals surface area contributed by atoms with Gasteiger partial charge in [0, 0.05) is 32.2 Å². The fourth-order valence-electron chi connectivity index (χ4n) is 3.34. The Morgan fingerprint density at radius 3 is 1.92 bits per heavy atom. The summed E-state index contributed by atoms with van der Waals surface area (Å²) in [6.45, 7) is 5.66. The summed E-state index contributed by atoms with van der Waals surface area (Å²) in [6, 6.07) is 3.17. The zero-order valence-electron chi connectivity index (χ0n) is 20.9. The minimum Gasteiger partial charge on any atom is -0.493 e. The topological polar surface area (TPSA) is 152 Å². The van der Waals surface area contributed by atoms with Crippen LogP contribution in [0.5, 0.6) is 17.2 Å². The van der Waals surface area contributed by atoms with Crippen molar-refractivity contribution in [3.8, 4) is 17.2 Å². The number of likely N-dealkylation sites (N-methyl/N-ethyl adjacent to an activating group) is 1. The molecule has 0 saturated carbocycles. The number of carboxylic acids is 2. The Bertz CT molecular complexity index is 948. The summed E-state index contributed by atoms with van der Waals surface area (Å²) in [4.78, 5) is 50.4. The Morgan fingerprint density at radius 2 is 1.50 bits per heavy atom. The molecule has 198 valence electrons. The fraction of sp³-hybridized carbons (Fsp3) is 0.417. The zero-order valence-corrected chi connectivity index (χ0v) is 20.9. The molecule has 1 fully saturated rings. The molecule has 1 aromatic rings. The highest BCUT2D eigenvalue weighted by atomic mass is 16.7. The SMILES string of the molecule is CCN1CCN(OC(C)=O)CC1C(=O)C=Cc1cc(OC)c(OC)c(OC)c1.O=C(O)C=CC(=O)O. The molecule has 1 saturated heterocycles. The minimum atomic E-state index is -1.26. The van der Waals surface area contributed by atoms with Crippen molar-refractivity contribution in [3.63, 3.8) is 0 Å². The van der Waals surface area contributed by atoms with Gasteiger partial charge in [0.2, 0.25) is 5.75 Å². The number of carbonyl (C=O) groups excluding carboxylic acids is 2. The largest absolute Gasteiger partial charge is 0.493 e. The maximum atomic E-state index is 12.8. The van der Waals surface area contributed by atoms with Gasteiger partial charge < -0.3 is 29.3 Å². The molecule has 1 aliphatic heterocycles. The van der Waals surface area contributed by atoms with Gasteiger partial charge in [0.1, 0.15) is 0 Å². The van der Waals surface area contributed by atoms with Crippen molar-refractivity contribution in [2.45, 2.75) is 19.9 Å². The van der Waals surface area contributed by atoms with E-state index < -0.39 is 11.9 Å². The number of ether oxygens (including phenoxy) is 3. The molecular formula is C24H32N2O10. The van der Waals surface area contributed by atoms with Gasteiger partial charge in [0.15, 0.2) is 17.3 Å². The number of carbonyl (C=O) groups is 4. The number of methoxy groups -OCH3 is 3. The van der Waals surface area contributed by atoms with E-state index in [4.69, 9.17) is 29.3 Å². The van der Waals surface area contributed by atoms with Crippen molar-refractivity contribution in [1.82, 2.24) is 9.96 Å². The van der Waals surface area contributed by atoms with Crippen LogP contribution < -0.4 is 14.2 Å². The molecule has 1 atom stereocenters. The molecule has 0 spiro atoms. The molecule has 0 radical (unpaired) electrons. The van der Waals surface area contributed by atoms with E-state index in [9.17, 15) is 19.2 Å². The predicted octanol–water partition coefficient (Wildman–Crippen LogP) is 1.49. The summed E-state index contributed by atoms with van der Waals surface area (Å²) < 4.78 is 16.0. The van der Waals surface area contributed by atoms with Gasteiger partial charge in [-0.15, -0.1) is 5.06 Å². The summed E-state index contributed by atoms with van der Waals surface area (Å²) in [5.74, 6) is -1.43. The van der Waals surface area contributed by atoms with Crippen LogP contribution in [0.4, 0.5) is 0 Å². The Hall–Kier alpha value is -3.90. The van der Waals surface area contributed by atoms with Crippen molar-refractivity contribution in [2.24, 2.45) is 0 Å². The number of hydrogen-bond donors (Lipinski definition) is 2. The highest BCUT2D eigenvalue weighted by Crippen LogP contribution is 2.38. The van der Waals surface area contributed by atoms with E-state index in [1.165, 1.54) is 20.1 Å². The summed E-state index contributed by atoms with van der Waals surface area (Å²) in [5.41, 5.74) is 0.749. The second-order valence-electron chi connectivity index (χ2n) is 7.32. The van der Waals surface area contributed by atoms with Crippen LogP contribution in [0, 0.1) is 0 Å². The third-order valence-corrected chi connectivity index (χ3v) is 4.94. The van der Waals surface area contributed by atoms with Crippen LogP contribution in [0.15, 0.2) is 30.4 Å². The molecule has 0 bridgehead atoms. The lowest BCUT2D eigenvalue weighted by atomic mass is 10.1. The first-order chi connectivity index (χ1) is 17.1. The van der Waals surface area contributed by atoms with E-state index in [0.29, 0.717) is 49.0 Å². The van der Waals surface area contributed by atoms with Gasteiger partial charge >= 0.3 is 17.9 Å². The summed E-state index contributed by atoms with van der Waals surface area (Å²) in [5, 5.41) is 17.2. The number of nitrogens with zero attached hydrogens (tertiary/aromatic N) is 2. The van der Waals surface area contributed by atoms with Crippen molar-refractivity contribution < 1.29 is 48.4 Å². The first kappa shape index (κ1) is 30.1. The molecular weight excluding hydrogens is 476 g/mol. The standard InChI is InChI=1S/C20H28N2O6.C4H4O4/c1-6-21-9-10-22(28-14(2)23)13-16(21)17(24)8-7-15-11-18(25-3)20(27-5)19(12-15)26-4;5-3(6)1-2-4(7)8/h7-8,11-12,16H,6,9-10,13H2,1-5H3;1-2H,(H,5,6)(H,7,8). The highest BCUT2D eigenvalue weighted by Gasteiger charge is 2.31. The molecule has 1 aliphatic rings. The van der Waals surface area contributed by atoms with Crippen molar-refractivity contribution in [3.05, 3.63) is 35.9 Å². The van der Waals surface area contributed by atoms with E-state index in [2.05, 4.69) is 4.90 Å². The maximum Gasteiger partial charge on any atom is 0.328 e. The molecule has 36 heavy (non-hydrogen) atoms. The average molecular weight is 509 g/mol. The lowest BCUT2D eigenvalue weighted by Gasteiger charge is -2.38. The van der Waals surface area contributed by atoms with Crippen molar-refractivity contribution in [1.29, 1.82) is 0 Å². The number of rotatable bonds is 10. The summed E-state index contributed by atoms with van der Waals surface area (Å²) >= 11 is 0. The van der Waals surface area contributed by atoms with E-state index in [-0.39, 0.29) is 17.8 Å². The molecule has 0 aromatic heterocycles. The van der Waals surface area contributed by atoms with Crippen LogP contribution in [0.25, 0.3) is 6.08 Å². The first-order valence-corrected chi connectivity index (χ1v) is 10.9. The molecule has 12 nitrogen and oxygen atoms in total. The fourth-order valence-corrected chi connectivity index (χ4v) is 3.34. The molecule has 0 aliphatic carbocycles. The molecule has 1 unspecified atom stereocenters. The third-order valence-electron chi connectivity index (χ3n) is 4.94. The van der Waals surface area contributed by atoms with Gasteiger partial charge in [-0.1, -0.05) is 13.0 Å². The Morgan fingerprint density at radius 1 is 0.944 bits per heavy atom. The number of ketones is 1. The monoisotopic (exact) mass is 508 g/mol.